The summed E-state index contributed by atoms with van der Waals surface area (Å²) in [6.07, 6.45) is 6.12. The molecule has 0 N–H and O–H groups in total. The van der Waals surface area contributed by atoms with Crippen molar-refractivity contribution in [2.75, 3.05) is 13.2 Å². The monoisotopic (exact) mass is 498 g/mol. The molecule has 0 radical (unpaired) electrons. The minimum absolute atomic E-state index is 0.00312. The van der Waals surface area contributed by atoms with Crippen molar-refractivity contribution >= 4 is 0 Å². The van der Waals surface area contributed by atoms with Gasteiger partial charge in [0.1, 0.15) is 0 Å². The van der Waals surface area contributed by atoms with Gasteiger partial charge in [-0.3, -0.25) is 0 Å². The van der Waals surface area contributed by atoms with Crippen molar-refractivity contribution in [2.45, 2.75) is 45.8 Å². The van der Waals surface area contributed by atoms with Crippen molar-refractivity contribution in [3.63, 3.8) is 0 Å². The zero-order chi connectivity index (χ0) is 25.7. The summed E-state index contributed by atoms with van der Waals surface area (Å²) in [6.45, 7) is 4.66. The maximum atomic E-state index is 15.0. The van der Waals surface area contributed by atoms with Gasteiger partial charge in [0.15, 0.2) is 29.6 Å². The van der Waals surface area contributed by atoms with Crippen molar-refractivity contribution in [3.8, 4) is 22.3 Å². The smallest absolute Gasteiger partial charge is 0.186 e. The molecule has 1 heterocycles. The van der Waals surface area contributed by atoms with Crippen LogP contribution >= 0.6 is 0 Å². The van der Waals surface area contributed by atoms with Gasteiger partial charge in [-0.2, -0.15) is 0 Å². The van der Waals surface area contributed by atoms with Crippen LogP contribution < -0.4 is 0 Å². The molecule has 0 aliphatic carbocycles. The molecule has 1 aliphatic rings. The van der Waals surface area contributed by atoms with E-state index in [1.807, 2.05) is 19.1 Å². The molecule has 0 atom stereocenters. The third-order valence-corrected chi connectivity index (χ3v) is 6.47. The third-order valence-electron chi connectivity index (χ3n) is 6.47. The molecule has 3 aromatic rings. The van der Waals surface area contributed by atoms with Crippen molar-refractivity contribution in [1.29, 1.82) is 0 Å². The standard InChI is InChI=1S/C30H30F4O2/c1-3-5-6-8-22-13-14-23(27(32)26(22)31)20-9-11-21(12-10-20)24-15-16-25(29(34)28(24)33)30-35-17-19(7-4-2)18-36-30/h4,7,9-16,19,30H,3,5-6,8,17-18H2,1-2H3/b7-4+. The normalized spacial score (nSPS) is 18.2. The van der Waals surface area contributed by atoms with Crippen LogP contribution in [0.25, 0.3) is 22.3 Å². The number of allylic oxidation sites excluding steroid dienone is 1. The Balaban J connectivity index is 1.53. The second kappa shape index (κ2) is 11.8. The van der Waals surface area contributed by atoms with Gasteiger partial charge >= 0.3 is 0 Å². The predicted octanol–water partition coefficient (Wildman–Crippen LogP) is 8.55. The van der Waals surface area contributed by atoms with E-state index < -0.39 is 29.6 Å². The van der Waals surface area contributed by atoms with Gasteiger partial charge < -0.3 is 9.47 Å². The first-order valence-corrected chi connectivity index (χ1v) is 12.4. The number of benzene rings is 3. The molecule has 3 aromatic carbocycles. The topological polar surface area (TPSA) is 18.5 Å². The van der Waals surface area contributed by atoms with Gasteiger partial charge in [-0.05, 0) is 36.5 Å². The molecule has 4 rings (SSSR count). The Labute approximate surface area is 209 Å². The van der Waals surface area contributed by atoms with E-state index in [9.17, 15) is 13.2 Å². The van der Waals surface area contributed by atoms with Crippen molar-refractivity contribution < 1.29 is 27.0 Å². The van der Waals surface area contributed by atoms with Crippen LogP contribution in [0.3, 0.4) is 0 Å². The van der Waals surface area contributed by atoms with Gasteiger partial charge in [0.2, 0.25) is 0 Å². The Morgan fingerprint density at radius 3 is 1.92 bits per heavy atom. The molecule has 6 heteroatoms. The Hall–Kier alpha value is -2.96. The lowest BCUT2D eigenvalue weighted by Gasteiger charge is -2.28. The number of hydrogen-bond acceptors (Lipinski definition) is 2. The van der Waals surface area contributed by atoms with Crippen LogP contribution in [0, 0.1) is 29.2 Å². The molecule has 190 valence electrons. The SMILES string of the molecule is C/C=C/C1COC(c2ccc(-c3ccc(-c4ccc(CCCCC)c(F)c4F)cc3)c(F)c2F)OC1. The fraction of sp³-hybridized carbons (Fsp3) is 0.333. The highest BCUT2D eigenvalue weighted by Crippen LogP contribution is 2.34. The van der Waals surface area contributed by atoms with Gasteiger partial charge in [-0.1, -0.05) is 80.4 Å². The second-order valence-electron chi connectivity index (χ2n) is 9.05. The number of ether oxygens (including phenoxy) is 2. The molecule has 0 amide bonds. The zero-order valence-electron chi connectivity index (χ0n) is 20.5. The van der Waals surface area contributed by atoms with E-state index in [2.05, 4.69) is 6.92 Å². The highest BCUT2D eigenvalue weighted by Gasteiger charge is 2.27. The van der Waals surface area contributed by atoms with Gasteiger partial charge in [0.25, 0.3) is 0 Å². The molecule has 0 aromatic heterocycles. The summed E-state index contributed by atoms with van der Waals surface area (Å²) in [5.74, 6) is -3.70. The summed E-state index contributed by atoms with van der Waals surface area (Å²) in [5.41, 5.74) is 1.42. The lowest BCUT2D eigenvalue weighted by atomic mass is 9.96. The van der Waals surface area contributed by atoms with Crippen LogP contribution in [0.1, 0.15) is 50.5 Å². The highest BCUT2D eigenvalue weighted by atomic mass is 19.2. The van der Waals surface area contributed by atoms with Crippen LogP contribution in [0.5, 0.6) is 0 Å². The first kappa shape index (κ1) is 26.1. The summed E-state index contributed by atoms with van der Waals surface area (Å²) in [7, 11) is 0. The van der Waals surface area contributed by atoms with E-state index in [1.165, 1.54) is 12.1 Å². The summed E-state index contributed by atoms with van der Waals surface area (Å²) in [6, 6.07) is 12.4. The molecule has 0 saturated carbocycles. The average molecular weight is 499 g/mol. The average Bonchev–Trinajstić information content (AvgIpc) is 2.89. The molecule has 1 fully saturated rings. The Morgan fingerprint density at radius 1 is 0.750 bits per heavy atom. The minimum Gasteiger partial charge on any atom is -0.348 e. The van der Waals surface area contributed by atoms with Crippen LogP contribution in [0.4, 0.5) is 17.6 Å². The van der Waals surface area contributed by atoms with E-state index in [0.29, 0.717) is 36.3 Å². The molecule has 36 heavy (non-hydrogen) atoms. The number of rotatable bonds is 8. The molecule has 2 nitrogen and oxygen atoms in total. The Morgan fingerprint density at radius 2 is 1.33 bits per heavy atom. The minimum atomic E-state index is -1.03. The van der Waals surface area contributed by atoms with Gasteiger partial charge in [0, 0.05) is 22.6 Å². The number of hydrogen-bond donors (Lipinski definition) is 0. The molecule has 0 bridgehead atoms. The van der Waals surface area contributed by atoms with Gasteiger partial charge in [-0.15, -0.1) is 0 Å². The lowest BCUT2D eigenvalue weighted by Crippen LogP contribution is -2.26. The third kappa shape index (κ3) is 5.55. The maximum Gasteiger partial charge on any atom is 0.186 e. The molecule has 1 aliphatic heterocycles. The molecule has 0 spiro atoms. The first-order valence-electron chi connectivity index (χ1n) is 12.4. The van der Waals surface area contributed by atoms with E-state index >= 15 is 4.39 Å². The maximum absolute atomic E-state index is 15.0. The predicted molar refractivity (Wildman–Crippen MR) is 133 cm³/mol. The number of halogens is 4. The van der Waals surface area contributed by atoms with Gasteiger partial charge in [0.05, 0.1) is 13.2 Å². The molecular weight excluding hydrogens is 468 g/mol. The fourth-order valence-electron chi connectivity index (χ4n) is 4.45. The Bertz CT molecular complexity index is 1210. The zero-order valence-corrected chi connectivity index (χ0v) is 20.5. The van der Waals surface area contributed by atoms with Crippen LogP contribution in [-0.2, 0) is 15.9 Å². The van der Waals surface area contributed by atoms with Crippen molar-refractivity contribution in [1.82, 2.24) is 0 Å². The Kier molecular flexibility index (Phi) is 8.60. The molecule has 0 unspecified atom stereocenters. The van der Waals surface area contributed by atoms with Gasteiger partial charge in [-0.25, -0.2) is 17.6 Å². The van der Waals surface area contributed by atoms with E-state index in [4.69, 9.17) is 9.47 Å². The van der Waals surface area contributed by atoms with E-state index in [-0.39, 0.29) is 22.6 Å². The lowest BCUT2D eigenvalue weighted by molar-refractivity contribution is -0.199. The molecule has 1 saturated heterocycles. The number of aryl methyl sites for hydroxylation is 1. The summed E-state index contributed by atoms with van der Waals surface area (Å²) < 4.78 is 70.5. The summed E-state index contributed by atoms with van der Waals surface area (Å²) >= 11 is 0. The molecular formula is C30H30F4O2. The second-order valence-corrected chi connectivity index (χ2v) is 9.05. The first-order chi connectivity index (χ1) is 17.4. The number of unbranched alkanes of at least 4 members (excludes halogenated alkanes) is 2. The highest BCUT2D eigenvalue weighted by molar-refractivity contribution is 5.71. The summed E-state index contributed by atoms with van der Waals surface area (Å²) in [4.78, 5) is 0. The van der Waals surface area contributed by atoms with E-state index in [0.717, 1.165) is 19.3 Å². The van der Waals surface area contributed by atoms with Crippen LogP contribution in [-0.4, -0.2) is 13.2 Å². The summed E-state index contributed by atoms with van der Waals surface area (Å²) in [5, 5.41) is 0. The largest absolute Gasteiger partial charge is 0.348 e. The van der Waals surface area contributed by atoms with Crippen molar-refractivity contribution in [2.24, 2.45) is 5.92 Å². The van der Waals surface area contributed by atoms with E-state index in [1.54, 1.807) is 36.4 Å². The van der Waals surface area contributed by atoms with Crippen LogP contribution in [0.2, 0.25) is 0 Å². The quantitative estimate of drug-likeness (QED) is 0.176. The fourth-order valence-corrected chi connectivity index (χ4v) is 4.45. The van der Waals surface area contributed by atoms with Crippen LogP contribution in [0.15, 0.2) is 60.7 Å². The van der Waals surface area contributed by atoms with Crippen molar-refractivity contribution in [3.05, 3.63) is 95.1 Å².